The third-order valence-corrected chi connectivity index (χ3v) is 4.34. The maximum absolute atomic E-state index is 13.9. The first-order valence-electron chi connectivity index (χ1n) is 9.42. The Labute approximate surface area is 188 Å². The molecule has 0 aliphatic carbocycles. The number of hydrogen-bond donors (Lipinski definition) is 3. The highest BCUT2D eigenvalue weighted by Gasteiger charge is 2.54. The molecule has 0 saturated carbocycles. The normalized spacial score (nSPS) is 15.4. The lowest BCUT2D eigenvalue weighted by atomic mass is 10.1. The van der Waals surface area contributed by atoms with Gasteiger partial charge >= 0.3 is 18.4 Å². The van der Waals surface area contributed by atoms with Crippen molar-refractivity contribution in [2.45, 2.75) is 12.4 Å². The average Bonchev–Trinajstić information content (AvgIpc) is 2.73. The summed E-state index contributed by atoms with van der Waals surface area (Å²) >= 11 is 0. The van der Waals surface area contributed by atoms with Gasteiger partial charge in [-0.25, -0.2) is 9.53 Å². The molecule has 1 aliphatic rings. The van der Waals surface area contributed by atoms with Crippen LogP contribution in [0.1, 0.15) is 16.1 Å². The van der Waals surface area contributed by atoms with E-state index in [-0.39, 0.29) is 22.8 Å². The van der Waals surface area contributed by atoms with Crippen LogP contribution in [0.4, 0.5) is 33.7 Å². The molecule has 1 aliphatic heterocycles. The zero-order valence-electron chi connectivity index (χ0n) is 16.9. The Hall–Kier alpha value is -4.39. The van der Waals surface area contributed by atoms with Crippen molar-refractivity contribution in [3.8, 4) is 17.2 Å². The summed E-state index contributed by atoms with van der Waals surface area (Å²) in [5.74, 6) is -0.949. The number of fused-ring (bicyclic) bond motifs is 1. The Balaban J connectivity index is 1.44. The van der Waals surface area contributed by atoms with Crippen LogP contribution in [0.25, 0.3) is 0 Å². The summed E-state index contributed by atoms with van der Waals surface area (Å²) in [6.45, 7) is 0. The van der Waals surface area contributed by atoms with E-state index in [1.165, 1.54) is 30.5 Å². The summed E-state index contributed by atoms with van der Waals surface area (Å²) in [5, 5.41) is 4.78. The fourth-order valence-corrected chi connectivity index (χ4v) is 2.95. The summed E-state index contributed by atoms with van der Waals surface area (Å²) in [4.78, 5) is 27.3. The maximum Gasteiger partial charge on any atom is 0.540 e. The number of nitrogens with zero attached hydrogens (tertiary/aromatic N) is 1. The van der Waals surface area contributed by atoms with E-state index < -0.39 is 35.7 Å². The van der Waals surface area contributed by atoms with Crippen molar-refractivity contribution < 1.29 is 41.4 Å². The van der Waals surface area contributed by atoms with E-state index in [1.54, 1.807) is 12.1 Å². The molecule has 0 bridgehead atoms. The number of urea groups is 1. The molecule has 0 unspecified atom stereocenters. The molecule has 0 atom stereocenters. The molecule has 4 N–H and O–H groups in total. The molecule has 4 rings (SSSR count). The van der Waals surface area contributed by atoms with Crippen molar-refractivity contribution in [3.05, 3.63) is 72.1 Å². The molecule has 9 nitrogen and oxygen atoms in total. The SMILES string of the molecule is NC(=O)c1cc(Oc2cccc(NC(=O)Nc3ccc4c(c3)C(F)(F)OC(F)(F)O4)c2)ccn1. The highest BCUT2D eigenvalue weighted by Crippen LogP contribution is 2.46. The molecule has 3 aromatic rings. The van der Waals surface area contributed by atoms with Crippen LogP contribution in [-0.2, 0) is 10.8 Å². The summed E-state index contributed by atoms with van der Waals surface area (Å²) in [7, 11) is 0. The molecule has 34 heavy (non-hydrogen) atoms. The molecule has 0 spiro atoms. The van der Waals surface area contributed by atoms with Gasteiger partial charge in [-0.1, -0.05) is 6.07 Å². The van der Waals surface area contributed by atoms with Crippen molar-refractivity contribution in [2.24, 2.45) is 5.73 Å². The molecule has 176 valence electrons. The first kappa shape index (κ1) is 22.8. The first-order chi connectivity index (χ1) is 16.0. The van der Waals surface area contributed by atoms with Crippen molar-refractivity contribution >= 4 is 23.3 Å². The summed E-state index contributed by atoms with van der Waals surface area (Å²) in [5.41, 5.74) is 4.35. The Morgan fingerprint density at radius 1 is 0.941 bits per heavy atom. The third-order valence-electron chi connectivity index (χ3n) is 4.34. The van der Waals surface area contributed by atoms with E-state index in [4.69, 9.17) is 10.5 Å². The second-order valence-electron chi connectivity index (χ2n) is 6.85. The number of hydrogen-bond acceptors (Lipinski definition) is 6. The molecular weight excluding hydrogens is 464 g/mol. The third kappa shape index (κ3) is 5.15. The van der Waals surface area contributed by atoms with Gasteiger partial charge in [0.15, 0.2) is 0 Å². The van der Waals surface area contributed by atoms with Crippen molar-refractivity contribution in [2.75, 3.05) is 10.6 Å². The van der Waals surface area contributed by atoms with Crippen LogP contribution in [0, 0.1) is 0 Å². The fourth-order valence-electron chi connectivity index (χ4n) is 2.95. The van der Waals surface area contributed by atoms with Crippen molar-refractivity contribution in [1.29, 1.82) is 0 Å². The van der Waals surface area contributed by atoms with Crippen LogP contribution in [0.15, 0.2) is 60.8 Å². The number of amides is 3. The van der Waals surface area contributed by atoms with Gasteiger partial charge in [0.05, 0.1) is 5.56 Å². The molecule has 0 saturated heterocycles. The predicted molar refractivity (Wildman–Crippen MR) is 109 cm³/mol. The van der Waals surface area contributed by atoms with Crippen molar-refractivity contribution in [3.63, 3.8) is 0 Å². The average molecular weight is 478 g/mol. The minimum Gasteiger partial charge on any atom is -0.457 e. The van der Waals surface area contributed by atoms with E-state index in [1.807, 2.05) is 0 Å². The predicted octanol–water partition coefficient (Wildman–Crippen LogP) is 4.63. The number of halogens is 4. The van der Waals surface area contributed by atoms with Gasteiger partial charge in [-0.15, -0.1) is 8.78 Å². The number of primary amides is 1. The van der Waals surface area contributed by atoms with Crippen LogP contribution in [0.2, 0.25) is 0 Å². The van der Waals surface area contributed by atoms with Gasteiger partial charge in [-0.2, -0.15) is 8.78 Å². The quantitative estimate of drug-likeness (QED) is 0.460. The largest absolute Gasteiger partial charge is 0.540 e. The highest BCUT2D eigenvalue weighted by molar-refractivity contribution is 6.00. The van der Waals surface area contributed by atoms with Crippen LogP contribution in [-0.4, -0.2) is 23.2 Å². The monoisotopic (exact) mass is 478 g/mol. The van der Waals surface area contributed by atoms with Gasteiger partial charge in [-0.3, -0.25) is 9.78 Å². The maximum atomic E-state index is 13.9. The minimum atomic E-state index is -4.49. The van der Waals surface area contributed by atoms with E-state index in [9.17, 15) is 27.2 Å². The summed E-state index contributed by atoms with van der Waals surface area (Å²) in [6.07, 6.45) is -7.49. The standard InChI is InChI=1S/C21H14F4N4O5/c22-20(23)15-9-12(4-5-17(15)33-21(24,25)34-20)29-19(31)28-11-2-1-3-13(8-11)32-14-6-7-27-16(10-14)18(26)30/h1-10H,(H2,26,30)(H2,28,29,31). The molecular formula is C21H14F4N4O5. The van der Waals surface area contributed by atoms with Crippen molar-refractivity contribution in [1.82, 2.24) is 4.98 Å². The number of nitrogens with two attached hydrogens (primary N) is 1. The van der Waals surface area contributed by atoms with E-state index in [0.29, 0.717) is 5.75 Å². The van der Waals surface area contributed by atoms with Gasteiger partial charge < -0.3 is 25.8 Å². The number of rotatable bonds is 5. The molecule has 0 fully saturated rings. The van der Waals surface area contributed by atoms with E-state index in [2.05, 4.69) is 25.1 Å². The Morgan fingerprint density at radius 2 is 1.65 bits per heavy atom. The van der Waals surface area contributed by atoms with Gasteiger partial charge in [0.2, 0.25) is 0 Å². The number of benzene rings is 2. The lowest BCUT2D eigenvalue weighted by Crippen LogP contribution is -2.41. The van der Waals surface area contributed by atoms with Crippen LogP contribution in [0.3, 0.4) is 0 Å². The number of anilines is 2. The van der Waals surface area contributed by atoms with E-state index >= 15 is 0 Å². The molecule has 13 heteroatoms. The van der Waals surface area contributed by atoms with Gasteiger partial charge in [0, 0.05) is 29.7 Å². The van der Waals surface area contributed by atoms with Crippen LogP contribution < -0.4 is 25.8 Å². The number of ether oxygens (including phenoxy) is 3. The second kappa shape index (κ2) is 8.51. The molecule has 3 amide bonds. The highest BCUT2D eigenvalue weighted by atomic mass is 19.3. The summed E-state index contributed by atoms with van der Waals surface area (Å²) < 4.78 is 67.1. The number of aromatic nitrogens is 1. The Bertz CT molecular complexity index is 1270. The van der Waals surface area contributed by atoms with Gasteiger partial charge in [0.1, 0.15) is 22.9 Å². The number of carbonyl (C=O) groups is 2. The smallest absolute Gasteiger partial charge is 0.457 e. The molecule has 1 aromatic heterocycles. The van der Waals surface area contributed by atoms with E-state index in [0.717, 1.165) is 18.2 Å². The Morgan fingerprint density at radius 3 is 2.38 bits per heavy atom. The van der Waals surface area contributed by atoms with Gasteiger partial charge in [-0.05, 0) is 36.4 Å². The lowest BCUT2D eigenvalue weighted by molar-refractivity contribution is -0.461. The second-order valence-corrected chi connectivity index (χ2v) is 6.85. The Kier molecular flexibility index (Phi) is 5.71. The zero-order valence-corrected chi connectivity index (χ0v) is 16.9. The van der Waals surface area contributed by atoms with Crippen LogP contribution >= 0.6 is 0 Å². The fraction of sp³-hybridized carbons (Fsp3) is 0.0952. The number of nitrogens with one attached hydrogen (secondary N) is 2. The number of carbonyl (C=O) groups excluding carboxylic acids is 2. The number of pyridine rings is 1. The minimum absolute atomic E-state index is 0.00121. The van der Waals surface area contributed by atoms with Gasteiger partial charge in [0.25, 0.3) is 5.91 Å². The molecule has 0 radical (unpaired) electrons. The first-order valence-corrected chi connectivity index (χ1v) is 9.42. The number of alkyl halides is 4. The lowest BCUT2D eigenvalue weighted by Gasteiger charge is -2.30. The zero-order chi connectivity index (χ0) is 24.5. The molecule has 2 aromatic carbocycles. The topological polar surface area (TPSA) is 125 Å². The van der Waals surface area contributed by atoms with Crippen LogP contribution in [0.5, 0.6) is 17.2 Å². The summed E-state index contributed by atoms with van der Waals surface area (Å²) in [6, 6.07) is 10.9. The molecule has 2 heterocycles.